The lowest BCUT2D eigenvalue weighted by molar-refractivity contribution is -0.189. The van der Waals surface area contributed by atoms with Crippen LogP contribution in [0.15, 0.2) is 36.4 Å². The van der Waals surface area contributed by atoms with Crippen molar-refractivity contribution in [1.82, 2.24) is 0 Å². The molecule has 48 heavy (non-hydrogen) atoms. The lowest BCUT2D eigenvalue weighted by atomic mass is 9.99. The molecular weight excluding hydrogens is 641 g/mol. The lowest BCUT2D eigenvalue weighted by Gasteiger charge is -2.22. The van der Waals surface area contributed by atoms with Crippen LogP contribution in [0.4, 0.5) is 30.7 Å². The Morgan fingerprint density at radius 2 is 0.938 bits per heavy atom. The van der Waals surface area contributed by atoms with Gasteiger partial charge in [0.25, 0.3) is 0 Å². The third-order valence-corrected chi connectivity index (χ3v) is 7.64. The number of halogens is 7. The highest BCUT2D eigenvalue weighted by molar-refractivity contribution is 5.78. The fourth-order valence-corrected chi connectivity index (χ4v) is 5.09. The van der Waals surface area contributed by atoms with E-state index in [2.05, 4.69) is 25.5 Å². The quantitative estimate of drug-likeness (QED) is 0.0599. The molecular formula is C37H45F7O4. The van der Waals surface area contributed by atoms with Crippen LogP contribution in [-0.4, -0.2) is 19.8 Å². The molecule has 3 rings (SSSR count). The van der Waals surface area contributed by atoms with Gasteiger partial charge in [-0.05, 0) is 37.0 Å². The first kappa shape index (κ1) is 38.8. The number of unbranched alkanes of at least 4 members (excludes halogenated alkanes) is 9. The molecule has 11 heteroatoms. The highest BCUT2D eigenvalue weighted by Gasteiger charge is 2.42. The van der Waals surface area contributed by atoms with Gasteiger partial charge >= 0.3 is 6.11 Å². The summed E-state index contributed by atoms with van der Waals surface area (Å²) in [5, 5.41) is 0. The zero-order valence-electron chi connectivity index (χ0n) is 27.8. The summed E-state index contributed by atoms with van der Waals surface area (Å²) in [5.41, 5.74) is -1.80. The molecule has 0 aromatic heterocycles. The van der Waals surface area contributed by atoms with Gasteiger partial charge in [-0.25, -0.2) is 22.0 Å². The van der Waals surface area contributed by atoms with Gasteiger partial charge in [0, 0.05) is 24.3 Å². The topological polar surface area (TPSA) is 36.9 Å². The molecule has 0 amide bonds. The van der Waals surface area contributed by atoms with Gasteiger partial charge in [-0.1, -0.05) is 78.6 Å². The minimum absolute atomic E-state index is 0.148. The molecule has 0 radical (unpaired) electrons. The van der Waals surface area contributed by atoms with E-state index in [-0.39, 0.29) is 48.0 Å². The van der Waals surface area contributed by atoms with Gasteiger partial charge in [0.05, 0.1) is 25.4 Å². The van der Waals surface area contributed by atoms with Crippen LogP contribution >= 0.6 is 0 Å². The zero-order valence-corrected chi connectivity index (χ0v) is 27.8. The normalized spacial score (nSPS) is 11.5. The van der Waals surface area contributed by atoms with Gasteiger partial charge < -0.3 is 18.9 Å². The average Bonchev–Trinajstić information content (AvgIpc) is 3.02. The van der Waals surface area contributed by atoms with E-state index in [1.54, 1.807) is 12.1 Å². The second kappa shape index (κ2) is 19.4. The highest BCUT2D eigenvalue weighted by Crippen LogP contribution is 2.45. The summed E-state index contributed by atoms with van der Waals surface area (Å²) in [6, 6.07) is 4.87. The van der Waals surface area contributed by atoms with E-state index in [1.807, 2.05) is 0 Å². The van der Waals surface area contributed by atoms with Gasteiger partial charge in [-0.15, -0.1) is 0 Å². The average molecular weight is 687 g/mol. The lowest BCUT2D eigenvalue weighted by Crippen LogP contribution is -2.25. The smallest absolute Gasteiger partial charge is 0.432 e. The molecule has 0 atom stereocenters. The first-order chi connectivity index (χ1) is 23.0. The van der Waals surface area contributed by atoms with Gasteiger partial charge in [-0.3, -0.25) is 0 Å². The molecule has 0 aliphatic carbocycles. The van der Waals surface area contributed by atoms with Crippen LogP contribution in [0.25, 0.3) is 11.1 Å². The summed E-state index contributed by atoms with van der Waals surface area (Å²) in [6.07, 6.45) is 6.42. The van der Waals surface area contributed by atoms with Crippen molar-refractivity contribution >= 4 is 0 Å². The van der Waals surface area contributed by atoms with Crippen molar-refractivity contribution in [3.63, 3.8) is 0 Å². The number of benzene rings is 3. The van der Waals surface area contributed by atoms with Crippen molar-refractivity contribution in [1.29, 1.82) is 0 Å². The Labute approximate surface area is 278 Å². The minimum Gasteiger partial charge on any atom is -0.493 e. The number of hydrogen-bond donors (Lipinski definition) is 0. The van der Waals surface area contributed by atoms with Crippen LogP contribution in [0, 0.1) is 29.1 Å². The Balaban J connectivity index is 2.04. The molecule has 0 saturated carbocycles. The van der Waals surface area contributed by atoms with Crippen LogP contribution in [0.5, 0.6) is 23.0 Å². The van der Waals surface area contributed by atoms with E-state index in [9.17, 15) is 13.2 Å². The third-order valence-electron chi connectivity index (χ3n) is 7.64. The maximum Gasteiger partial charge on any atom is 0.432 e. The van der Waals surface area contributed by atoms with Crippen molar-refractivity contribution in [2.24, 2.45) is 0 Å². The molecule has 3 aromatic rings. The predicted molar refractivity (Wildman–Crippen MR) is 172 cm³/mol. The molecule has 0 N–H and O–H groups in total. The van der Waals surface area contributed by atoms with Gasteiger partial charge in [0.1, 0.15) is 40.2 Å². The summed E-state index contributed by atoms with van der Waals surface area (Å²) in [7, 11) is 0. The van der Waals surface area contributed by atoms with Crippen LogP contribution < -0.4 is 18.9 Å². The third kappa shape index (κ3) is 11.2. The maximum atomic E-state index is 15.5. The van der Waals surface area contributed by atoms with E-state index >= 15 is 17.6 Å². The maximum absolute atomic E-state index is 15.5. The minimum atomic E-state index is -4.73. The number of ether oxygens (including phenoxy) is 4. The summed E-state index contributed by atoms with van der Waals surface area (Å²) < 4.78 is 124. The largest absolute Gasteiger partial charge is 0.493 e. The Morgan fingerprint density at radius 1 is 0.500 bits per heavy atom. The van der Waals surface area contributed by atoms with Gasteiger partial charge in [0.2, 0.25) is 0 Å². The van der Waals surface area contributed by atoms with Crippen LogP contribution in [0.2, 0.25) is 0 Å². The Morgan fingerprint density at radius 3 is 1.38 bits per heavy atom. The monoisotopic (exact) mass is 686 g/mol. The Hall–Kier alpha value is -3.63. The summed E-state index contributed by atoms with van der Waals surface area (Å²) in [6.45, 7) is 7.24. The standard InChI is InChI=1S/C37H45F7O4/c1-4-7-10-13-16-45-26-23-32(46-17-14-11-8-5-2)34(33(24-26)47-18-15-12-9-6-3)25-19-28(38)35(29(39)20-25)37(43,44)48-27-21-30(40)36(42)31(41)22-27/h19-24H,4-18H2,1-3H3. The molecule has 3 aromatic carbocycles. The fourth-order valence-electron chi connectivity index (χ4n) is 5.09. The SMILES string of the molecule is CCCCCCOc1cc(OCCCCCC)c(-c2cc(F)c(C(F)(F)Oc3cc(F)c(F)c(F)c3)c(F)c2)c(OCCCCCC)c1. The highest BCUT2D eigenvalue weighted by atomic mass is 19.3. The molecule has 0 aliphatic heterocycles. The molecule has 0 aliphatic rings. The van der Waals surface area contributed by atoms with E-state index in [0.29, 0.717) is 37.3 Å². The molecule has 0 saturated heterocycles. The van der Waals surface area contributed by atoms with Gasteiger partial charge in [-0.2, -0.15) is 8.78 Å². The molecule has 0 spiro atoms. The zero-order chi connectivity index (χ0) is 35.1. The van der Waals surface area contributed by atoms with Crippen molar-refractivity contribution in [2.45, 2.75) is 104 Å². The van der Waals surface area contributed by atoms with E-state index < -0.39 is 46.5 Å². The van der Waals surface area contributed by atoms with E-state index in [1.165, 1.54) is 0 Å². The number of hydrogen-bond acceptors (Lipinski definition) is 4. The predicted octanol–water partition coefficient (Wildman–Crippen LogP) is 12.1. The Kier molecular flexibility index (Phi) is 15.7. The summed E-state index contributed by atoms with van der Waals surface area (Å²) in [5.74, 6) is -9.26. The van der Waals surface area contributed by atoms with Crippen LogP contribution in [0.3, 0.4) is 0 Å². The molecule has 0 bridgehead atoms. The number of alkyl halides is 2. The molecule has 0 unspecified atom stereocenters. The van der Waals surface area contributed by atoms with Crippen molar-refractivity contribution in [2.75, 3.05) is 19.8 Å². The molecule has 0 fully saturated rings. The summed E-state index contributed by atoms with van der Waals surface area (Å²) >= 11 is 0. The van der Waals surface area contributed by atoms with Crippen molar-refractivity contribution < 1.29 is 49.7 Å². The second-order valence-corrected chi connectivity index (χ2v) is 11.7. The molecule has 266 valence electrons. The fraction of sp³-hybridized carbons (Fsp3) is 0.514. The van der Waals surface area contributed by atoms with Crippen LogP contribution in [-0.2, 0) is 6.11 Å². The van der Waals surface area contributed by atoms with Gasteiger partial charge in [0.15, 0.2) is 17.5 Å². The number of rotatable bonds is 22. The van der Waals surface area contributed by atoms with Crippen molar-refractivity contribution in [3.8, 4) is 34.1 Å². The van der Waals surface area contributed by atoms with E-state index in [0.717, 1.165) is 64.2 Å². The summed E-state index contributed by atoms with van der Waals surface area (Å²) in [4.78, 5) is 0. The van der Waals surface area contributed by atoms with E-state index in [4.69, 9.17) is 14.2 Å². The Bertz CT molecular complexity index is 1370. The first-order valence-corrected chi connectivity index (χ1v) is 16.8. The first-order valence-electron chi connectivity index (χ1n) is 16.8. The van der Waals surface area contributed by atoms with Crippen LogP contribution in [0.1, 0.15) is 103 Å². The second-order valence-electron chi connectivity index (χ2n) is 11.7. The van der Waals surface area contributed by atoms with Crippen molar-refractivity contribution in [3.05, 3.63) is 71.0 Å². The molecule has 0 heterocycles. The molecule has 4 nitrogen and oxygen atoms in total.